The number of anilines is 2. The number of H-pyrrole nitrogens is 1. The summed E-state index contributed by atoms with van der Waals surface area (Å²) in [6.07, 6.45) is -1.93. The highest BCUT2D eigenvalue weighted by Crippen LogP contribution is 2.53. The first-order valence-electron chi connectivity index (χ1n) is 7.71. The third-order valence-corrected chi connectivity index (χ3v) is 4.71. The van der Waals surface area contributed by atoms with Crippen LogP contribution in [0, 0.1) is 17.8 Å². The van der Waals surface area contributed by atoms with Gasteiger partial charge in [0.05, 0.1) is 0 Å². The zero-order chi connectivity index (χ0) is 17.8. The Bertz CT molecular complexity index is 982. The number of hydrogen-bond acceptors (Lipinski definition) is 2. The van der Waals surface area contributed by atoms with E-state index in [1.54, 1.807) is 0 Å². The lowest BCUT2D eigenvalue weighted by Crippen LogP contribution is -2.46. The van der Waals surface area contributed by atoms with Gasteiger partial charge in [-0.15, -0.1) is 0 Å². The lowest BCUT2D eigenvalue weighted by molar-refractivity contribution is -0.161. The molecule has 2 aliphatic rings. The van der Waals surface area contributed by atoms with Crippen LogP contribution in [0.4, 0.5) is 24.5 Å². The van der Waals surface area contributed by atoms with Crippen molar-refractivity contribution in [2.24, 2.45) is 5.92 Å². The maximum atomic E-state index is 14.4. The Morgan fingerprint density at radius 2 is 1.96 bits per heavy atom. The molecule has 1 fully saturated rings. The molecule has 25 heavy (non-hydrogen) atoms. The number of alkyl halides is 3. The minimum absolute atomic E-state index is 0.0257. The van der Waals surface area contributed by atoms with Crippen LogP contribution in [-0.4, -0.2) is 11.2 Å². The van der Waals surface area contributed by atoms with Crippen LogP contribution in [0.15, 0.2) is 35.3 Å². The van der Waals surface area contributed by atoms with E-state index in [0.29, 0.717) is 0 Å². The third-order valence-electron chi connectivity index (χ3n) is 4.48. The smallest absolute Gasteiger partial charge is 0.350 e. The molecule has 128 valence electrons. The Labute approximate surface area is 146 Å². The van der Waals surface area contributed by atoms with E-state index in [1.165, 1.54) is 30.5 Å². The predicted octanol–water partition coefficient (Wildman–Crippen LogP) is 4.35. The molecule has 1 aromatic heterocycles. The fourth-order valence-corrected chi connectivity index (χ4v) is 3.25. The zero-order valence-electron chi connectivity index (χ0n) is 12.8. The van der Waals surface area contributed by atoms with Crippen LogP contribution in [-0.2, 0) is 5.41 Å². The van der Waals surface area contributed by atoms with Gasteiger partial charge in [0.2, 0.25) is 0 Å². The van der Waals surface area contributed by atoms with Gasteiger partial charge in [-0.25, -0.2) is 0 Å². The van der Waals surface area contributed by atoms with Gasteiger partial charge in [0.15, 0.2) is 5.41 Å². The Kier molecular flexibility index (Phi) is 3.41. The van der Waals surface area contributed by atoms with Crippen molar-refractivity contribution in [3.05, 3.63) is 57.0 Å². The second-order valence-corrected chi connectivity index (χ2v) is 6.64. The average molecular weight is 365 g/mol. The molecule has 4 rings (SSSR count). The molecule has 0 spiro atoms. The molecule has 0 radical (unpaired) electrons. The average Bonchev–Trinajstić information content (AvgIpc) is 3.36. The highest BCUT2D eigenvalue weighted by molar-refractivity contribution is 6.30. The van der Waals surface area contributed by atoms with Crippen LogP contribution in [0.1, 0.15) is 24.0 Å². The van der Waals surface area contributed by atoms with Gasteiger partial charge in [-0.3, -0.25) is 4.79 Å². The molecule has 1 atom stereocenters. The quantitative estimate of drug-likeness (QED) is 0.683. The van der Waals surface area contributed by atoms with E-state index in [2.05, 4.69) is 22.1 Å². The Balaban J connectivity index is 2.12. The summed E-state index contributed by atoms with van der Waals surface area (Å²) in [6.45, 7) is 0. The summed E-state index contributed by atoms with van der Waals surface area (Å²) < 4.78 is 43.2. The van der Waals surface area contributed by atoms with E-state index in [4.69, 9.17) is 11.6 Å². The minimum Gasteiger partial charge on any atom is -0.350 e. The van der Waals surface area contributed by atoms with Gasteiger partial charge < -0.3 is 10.3 Å². The van der Waals surface area contributed by atoms with E-state index < -0.39 is 17.2 Å². The minimum atomic E-state index is -4.72. The molecule has 3 nitrogen and oxygen atoms in total. The van der Waals surface area contributed by atoms with Gasteiger partial charge in [0.1, 0.15) is 5.69 Å². The van der Waals surface area contributed by atoms with Crippen molar-refractivity contribution >= 4 is 23.0 Å². The number of halogens is 4. The maximum absolute atomic E-state index is 14.4. The number of hydrogen-bond donors (Lipinski definition) is 2. The Hall–Kier alpha value is -2.39. The molecule has 0 saturated heterocycles. The van der Waals surface area contributed by atoms with E-state index in [9.17, 15) is 18.0 Å². The van der Waals surface area contributed by atoms with E-state index in [1.807, 2.05) is 0 Å². The molecule has 1 aromatic carbocycles. The molecule has 1 unspecified atom stereocenters. The summed E-state index contributed by atoms with van der Waals surface area (Å²) in [5, 5.41) is 2.97. The lowest BCUT2D eigenvalue weighted by atomic mass is 9.71. The van der Waals surface area contributed by atoms with Gasteiger partial charge in [-0.05, 0) is 37.1 Å². The van der Waals surface area contributed by atoms with Crippen LogP contribution in [0.3, 0.4) is 0 Å². The SMILES string of the molecule is O=c1[nH]ccc2c1Nc1ccc(Cl)cc1C2(C#CC1CC1)C(F)(F)F. The standard InChI is InChI=1S/C18H12ClF3N2O/c19-11-3-4-14-13(9-11)17(18(20,21)22,7-5-10-1-2-10)12-6-8-23-16(25)15(12)24-14/h3-4,6,8-10,24H,1-2H2,(H,23,25). The molecule has 1 saturated carbocycles. The summed E-state index contributed by atoms with van der Waals surface area (Å²) in [4.78, 5) is 14.6. The normalized spacial score (nSPS) is 21.4. The maximum Gasteiger partial charge on any atom is 0.413 e. The first kappa shape index (κ1) is 16.1. The van der Waals surface area contributed by atoms with Gasteiger partial charge in [0.25, 0.3) is 5.56 Å². The monoisotopic (exact) mass is 364 g/mol. The van der Waals surface area contributed by atoms with Gasteiger partial charge >= 0.3 is 6.18 Å². The van der Waals surface area contributed by atoms with Crippen molar-refractivity contribution in [2.75, 3.05) is 5.32 Å². The molecular weight excluding hydrogens is 353 g/mol. The molecule has 1 aliphatic heterocycles. The first-order chi connectivity index (χ1) is 11.8. The summed E-state index contributed by atoms with van der Waals surface area (Å²) in [7, 11) is 0. The van der Waals surface area contributed by atoms with Gasteiger partial charge in [-0.2, -0.15) is 13.2 Å². The molecule has 1 aliphatic carbocycles. The van der Waals surface area contributed by atoms with Crippen molar-refractivity contribution in [3.63, 3.8) is 0 Å². The number of aromatic nitrogens is 1. The summed E-state index contributed by atoms with van der Waals surface area (Å²) in [5.74, 6) is 5.19. The van der Waals surface area contributed by atoms with Crippen molar-refractivity contribution < 1.29 is 13.2 Å². The third kappa shape index (κ3) is 2.42. The number of pyridine rings is 1. The summed E-state index contributed by atoms with van der Waals surface area (Å²) in [5.41, 5.74) is -3.47. The van der Waals surface area contributed by atoms with Crippen LogP contribution in [0.25, 0.3) is 0 Å². The van der Waals surface area contributed by atoms with E-state index >= 15 is 0 Å². The molecule has 0 amide bonds. The highest BCUT2D eigenvalue weighted by atomic mass is 35.5. The number of benzene rings is 1. The molecule has 7 heteroatoms. The fraction of sp³-hybridized carbons (Fsp3) is 0.278. The zero-order valence-corrected chi connectivity index (χ0v) is 13.6. The number of aromatic amines is 1. The first-order valence-corrected chi connectivity index (χ1v) is 8.09. The second-order valence-electron chi connectivity index (χ2n) is 6.20. The predicted molar refractivity (Wildman–Crippen MR) is 89.1 cm³/mol. The summed E-state index contributed by atoms with van der Waals surface area (Å²) >= 11 is 5.98. The number of rotatable bonds is 0. The lowest BCUT2D eigenvalue weighted by Gasteiger charge is -2.38. The van der Waals surface area contributed by atoms with Crippen molar-refractivity contribution in [3.8, 4) is 11.8 Å². The number of fused-ring (bicyclic) bond motifs is 2. The van der Waals surface area contributed by atoms with Crippen molar-refractivity contribution in [1.29, 1.82) is 0 Å². The van der Waals surface area contributed by atoms with Gasteiger partial charge in [0, 0.05) is 34.0 Å². The Morgan fingerprint density at radius 1 is 1.20 bits per heavy atom. The van der Waals surface area contributed by atoms with Crippen molar-refractivity contribution in [1.82, 2.24) is 4.98 Å². The fourth-order valence-electron chi connectivity index (χ4n) is 3.08. The molecule has 2 heterocycles. The van der Waals surface area contributed by atoms with Crippen LogP contribution in [0.2, 0.25) is 5.02 Å². The summed E-state index contributed by atoms with van der Waals surface area (Å²) in [6, 6.07) is 5.43. The van der Waals surface area contributed by atoms with Gasteiger partial charge in [-0.1, -0.05) is 23.4 Å². The molecular formula is C18H12ClF3N2O. The molecule has 2 N–H and O–H groups in total. The van der Waals surface area contributed by atoms with Crippen molar-refractivity contribution in [2.45, 2.75) is 24.4 Å². The van der Waals surface area contributed by atoms with Crippen LogP contribution < -0.4 is 10.9 Å². The topological polar surface area (TPSA) is 44.9 Å². The van der Waals surface area contributed by atoms with Crippen LogP contribution >= 0.6 is 11.6 Å². The van der Waals surface area contributed by atoms with E-state index in [0.717, 1.165) is 12.8 Å². The molecule has 2 aromatic rings. The van der Waals surface area contributed by atoms with E-state index in [-0.39, 0.29) is 33.4 Å². The second kappa shape index (κ2) is 5.30. The largest absolute Gasteiger partial charge is 0.413 e. The Morgan fingerprint density at radius 3 is 2.64 bits per heavy atom. The molecule has 0 bridgehead atoms. The number of nitrogens with one attached hydrogen (secondary N) is 2. The van der Waals surface area contributed by atoms with Crippen LogP contribution in [0.5, 0.6) is 0 Å². The highest BCUT2D eigenvalue weighted by Gasteiger charge is 2.60.